The molecule has 0 saturated carbocycles. The van der Waals surface area contributed by atoms with Gasteiger partial charge in [0.1, 0.15) is 0 Å². The summed E-state index contributed by atoms with van der Waals surface area (Å²) in [6, 6.07) is 10.1. The second kappa shape index (κ2) is 4.73. The summed E-state index contributed by atoms with van der Waals surface area (Å²) in [5, 5.41) is 0. The zero-order valence-electron chi connectivity index (χ0n) is 8.27. The first kappa shape index (κ1) is 11.9. The molecule has 0 radical (unpaired) electrons. The van der Waals surface area contributed by atoms with Crippen molar-refractivity contribution in [2.45, 2.75) is 15.8 Å². The number of halogens is 2. The van der Waals surface area contributed by atoms with Crippen molar-refractivity contribution in [1.29, 1.82) is 0 Å². The Balaban J connectivity index is 2.10. The van der Waals surface area contributed by atoms with E-state index in [2.05, 4.69) is 44.0 Å². The average molecular weight is 352 g/mol. The highest BCUT2D eigenvalue weighted by molar-refractivity contribution is 9.12. The normalized spacial score (nSPS) is 35.6. The molecule has 1 aromatic rings. The van der Waals surface area contributed by atoms with Gasteiger partial charge in [-0.05, 0) is 5.56 Å². The molecule has 0 aromatic heterocycles. The van der Waals surface area contributed by atoms with Crippen molar-refractivity contribution in [2.75, 3.05) is 12.3 Å². The molecule has 2 atom stereocenters. The third-order valence-corrected chi connectivity index (χ3v) is 9.41. The van der Waals surface area contributed by atoms with Gasteiger partial charge in [0, 0.05) is 28.1 Å². The van der Waals surface area contributed by atoms with Crippen molar-refractivity contribution in [3.8, 4) is 0 Å². The fraction of sp³-hybridized carbons (Fsp3) is 0.455. The van der Waals surface area contributed by atoms with Gasteiger partial charge in [-0.15, -0.1) is 0 Å². The summed E-state index contributed by atoms with van der Waals surface area (Å²) in [5.41, 5.74) is 1.20. The van der Waals surface area contributed by atoms with Crippen LogP contribution in [0.1, 0.15) is 5.56 Å². The minimum atomic E-state index is -2.00. The summed E-state index contributed by atoms with van der Waals surface area (Å²) in [6.45, 7) is 0. The van der Waals surface area contributed by atoms with E-state index >= 15 is 0 Å². The van der Waals surface area contributed by atoms with Crippen LogP contribution in [-0.4, -0.2) is 22.0 Å². The van der Waals surface area contributed by atoms with Gasteiger partial charge in [-0.2, -0.15) is 0 Å². The predicted octanol–water partition coefficient (Wildman–Crippen LogP) is 4.09. The lowest BCUT2D eigenvalue weighted by molar-refractivity contribution is 0.578. The zero-order chi connectivity index (χ0) is 10.9. The molecule has 82 valence electrons. The average Bonchev–Trinajstić information content (AvgIpc) is 2.42. The topological polar surface area (TPSA) is 17.1 Å². The molecule has 1 fully saturated rings. The highest BCUT2D eigenvalue weighted by Gasteiger charge is 2.38. The van der Waals surface area contributed by atoms with Crippen LogP contribution in [0.5, 0.6) is 0 Å². The maximum absolute atomic E-state index is 12.5. The van der Waals surface area contributed by atoms with Gasteiger partial charge in [0.05, 0.1) is 7.14 Å². The van der Waals surface area contributed by atoms with E-state index in [1.807, 2.05) is 18.2 Å². The van der Waals surface area contributed by atoms with Crippen molar-refractivity contribution in [1.82, 2.24) is 0 Å². The van der Waals surface area contributed by atoms with Crippen LogP contribution in [0.15, 0.2) is 30.3 Å². The van der Waals surface area contributed by atoms with Crippen LogP contribution in [0.2, 0.25) is 0 Å². The number of hydrogen-bond acceptors (Lipinski definition) is 1. The van der Waals surface area contributed by atoms with Crippen LogP contribution in [0.4, 0.5) is 0 Å². The Morgan fingerprint density at radius 1 is 1.13 bits per heavy atom. The highest BCUT2D eigenvalue weighted by atomic mass is 79.9. The van der Waals surface area contributed by atoms with Gasteiger partial charge in [-0.3, -0.25) is 0 Å². The first-order chi connectivity index (χ1) is 7.09. The quantitative estimate of drug-likeness (QED) is 0.579. The first-order valence-corrected chi connectivity index (χ1v) is 9.08. The van der Waals surface area contributed by atoms with Crippen LogP contribution in [0.3, 0.4) is 0 Å². The molecule has 4 heteroatoms. The fourth-order valence-electron chi connectivity index (χ4n) is 1.98. The Hall–Kier alpha value is 0.410. The molecular formula is C11H13Br2OP. The standard InChI is InChI=1S/C11H13Br2OP/c12-10-7-15(14,8-11(10)13)6-9-4-2-1-3-5-9/h1-5,10-11H,6-8H2. The zero-order valence-corrected chi connectivity index (χ0v) is 12.3. The Morgan fingerprint density at radius 2 is 1.67 bits per heavy atom. The summed E-state index contributed by atoms with van der Waals surface area (Å²) >= 11 is 7.15. The molecule has 0 amide bonds. The summed E-state index contributed by atoms with van der Waals surface area (Å²) in [5.74, 6) is 0. The molecule has 0 spiro atoms. The van der Waals surface area contributed by atoms with Crippen LogP contribution >= 0.6 is 39.0 Å². The van der Waals surface area contributed by atoms with Crippen LogP contribution < -0.4 is 0 Å². The molecule has 15 heavy (non-hydrogen) atoms. The number of rotatable bonds is 2. The predicted molar refractivity (Wildman–Crippen MR) is 72.9 cm³/mol. The van der Waals surface area contributed by atoms with Crippen LogP contribution in [0, 0.1) is 0 Å². The summed E-state index contributed by atoms with van der Waals surface area (Å²) in [6.07, 6.45) is 2.38. The molecule has 1 heterocycles. The molecule has 2 unspecified atom stereocenters. The molecule has 1 aromatic carbocycles. The minimum absolute atomic E-state index is 0.368. The van der Waals surface area contributed by atoms with Gasteiger partial charge in [-0.25, -0.2) is 0 Å². The lowest BCUT2D eigenvalue weighted by Gasteiger charge is -2.10. The maximum Gasteiger partial charge on any atom is 0.0941 e. The Kier molecular flexibility index (Phi) is 3.75. The second-order valence-electron chi connectivity index (χ2n) is 4.10. The van der Waals surface area contributed by atoms with Gasteiger partial charge < -0.3 is 4.57 Å². The minimum Gasteiger partial charge on any atom is -0.323 e. The second-order valence-corrected chi connectivity index (χ2v) is 9.61. The van der Waals surface area contributed by atoms with Gasteiger partial charge in [0.2, 0.25) is 0 Å². The van der Waals surface area contributed by atoms with E-state index in [-0.39, 0.29) is 0 Å². The van der Waals surface area contributed by atoms with Crippen molar-refractivity contribution >= 4 is 39.0 Å². The van der Waals surface area contributed by atoms with Gasteiger partial charge in [-0.1, -0.05) is 62.2 Å². The lowest BCUT2D eigenvalue weighted by Crippen LogP contribution is -2.08. The smallest absolute Gasteiger partial charge is 0.0941 e. The molecule has 1 aliphatic rings. The molecular weight excluding hydrogens is 339 g/mol. The Labute approximate surface area is 107 Å². The van der Waals surface area contributed by atoms with Crippen LogP contribution in [0.25, 0.3) is 0 Å². The molecule has 0 bridgehead atoms. The van der Waals surface area contributed by atoms with E-state index in [1.165, 1.54) is 5.56 Å². The fourth-order valence-corrected chi connectivity index (χ4v) is 9.17. The van der Waals surface area contributed by atoms with Crippen molar-refractivity contribution in [3.05, 3.63) is 35.9 Å². The molecule has 0 N–H and O–H groups in total. The van der Waals surface area contributed by atoms with Crippen LogP contribution in [-0.2, 0) is 10.7 Å². The third-order valence-electron chi connectivity index (χ3n) is 2.72. The van der Waals surface area contributed by atoms with E-state index in [4.69, 9.17) is 0 Å². The van der Waals surface area contributed by atoms with Gasteiger partial charge >= 0.3 is 0 Å². The molecule has 0 aliphatic carbocycles. The molecule has 1 aliphatic heterocycles. The van der Waals surface area contributed by atoms with Gasteiger partial charge in [0.25, 0.3) is 0 Å². The number of benzene rings is 1. The van der Waals surface area contributed by atoms with Crippen molar-refractivity contribution in [2.24, 2.45) is 0 Å². The maximum atomic E-state index is 12.5. The van der Waals surface area contributed by atoms with E-state index in [9.17, 15) is 4.57 Å². The SMILES string of the molecule is O=P1(Cc2ccccc2)CC(Br)C(Br)C1. The lowest BCUT2D eigenvalue weighted by atomic mass is 10.2. The molecule has 1 saturated heterocycles. The van der Waals surface area contributed by atoms with E-state index < -0.39 is 7.14 Å². The summed E-state index contributed by atoms with van der Waals surface area (Å²) in [7, 11) is -2.00. The first-order valence-electron chi connectivity index (χ1n) is 4.98. The van der Waals surface area contributed by atoms with E-state index in [0.29, 0.717) is 9.65 Å². The number of hydrogen-bond donors (Lipinski definition) is 0. The highest BCUT2D eigenvalue weighted by Crippen LogP contribution is 2.57. The van der Waals surface area contributed by atoms with Crippen molar-refractivity contribution in [3.63, 3.8) is 0 Å². The molecule has 2 rings (SSSR count). The molecule has 1 nitrogen and oxygen atoms in total. The van der Waals surface area contributed by atoms with E-state index in [1.54, 1.807) is 0 Å². The summed E-state index contributed by atoms with van der Waals surface area (Å²) in [4.78, 5) is 0.735. The van der Waals surface area contributed by atoms with E-state index in [0.717, 1.165) is 18.5 Å². The van der Waals surface area contributed by atoms with Gasteiger partial charge in [0.15, 0.2) is 0 Å². The number of alkyl halides is 2. The Bertz CT molecular complexity index is 365. The largest absolute Gasteiger partial charge is 0.323 e. The van der Waals surface area contributed by atoms with Crippen molar-refractivity contribution < 1.29 is 4.57 Å². The Morgan fingerprint density at radius 3 is 2.20 bits per heavy atom. The third kappa shape index (κ3) is 2.95. The monoisotopic (exact) mass is 350 g/mol. The summed E-state index contributed by atoms with van der Waals surface area (Å²) < 4.78 is 12.5.